The first-order chi connectivity index (χ1) is 4.95. The summed E-state index contributed by atoms with van der Waals surface area (Å²) in [6, 6.07) is 0. The quantitative estimate of drug-likeness (QED) is 0.542. The molecule has 0 radical (unpaired) electrons. The van der Waals surface area contributed by atoms with E-state index in [0.29, 0.717) is 0 Å². The number of hydrogen-bond donors (Lipinski definition) is 2. The van der Waals surface area contributed by atoms with Gasteiger partial charge in [-0.3, -0.25) is 0 Å². The molecule has 0 aromatic carbocycles. The van der Waals surface area contributed by atoms with Crippen molar-refractivity contribution < 1.29 is 18.3 Å². The molecular weight excluding hydrogens is 170 g/mol. The Bertz CT molecular complexity index is 362. The summed E-state index contributed by atoms with van der Waals surface area (Å²) in [5, 5.41) is 8.54. The van der Waals surface area contributed by atoms with Gasteiger partial charge in [0.15, 0.2) is 0 Å². The second-order valence-electron chi connectivity index (χ2n) is 1.93. The Hall–Kier alpha value is -1.30. The van der Waals surface area contributed by atoms with Crippen LogP contribution in [0, 0.1) is 0 Å². The molecule has 0 fully saturated rings. The smallest absolute Gasteiger partial charge is 0.338 e. The molecule has 1 aliphatic rings. The molecule has 6 heteroatoms. The zero-order valence-electron chi connectivity index (χ0n) is 5.31. The number of carbonyl (C=O) groups is 1. The fourth-order valence-corrected chi connectivity index (χ4v) is 1.57. The molecule has 1 aliphatic heterocycles. The second-order valence-corrected chi connectivity index (χ2v) is 3.73. The predicted molar refractivity (Wildman–Crippen MR) is 36.9 cm³/mol. The van der Waals surface area contributed by atoms with Crippen molar-refractivity contribution in [2.45, 2.75) is 0 Å². The molecule has 0 aromatic rings. The van der Waals surface area contributed by atoms with Crippen LogP contribution >= 0.6 is 0 Å². The van der Waals surface area contributed by atoms with Gasteiger partial charge in [0.05, 0.1) is 5.57 Å². The third-order valence-corrected chi connectivity index (χ3v) is 2.54. The summed E-state index contributed by atoms with van der Waals surface area (Å²) in [5.74, 6) is -1.33. The largest absolute Gasteiger partial charge is 0.478 e. The van der Waals surface area contributed by atoms with Crippen LogP contribution in [0.3, 0.4) is 0 Å². The molecule has 0 bridgehead atoms. The Labute approximate surface area is 62.7 Å². The van der Waals surface area contributed by atoms with Crippen LogP contribution < -0.4 is 5.73 Å². The summed E-state index contributed by atoms with van der Waals surface area (Å²) in [6.07, 6.45) is 0.965. The molecule has 0 saturated heterocycles. The van der Waals surface area contributed by atoms with Gasteiger partial charge >= 0.3 is 5.97 Å². The van der Waals surface area contributed by atoms with E-state index in [9.17, 15) is 13.2 Å². The van der Waals surface area contributed by atoms with Crippen molar-refractivity contribution in [1.82, 2.24) is 0 Å². The highest BCUT2D eigenvalue weighted by Gasteiger charge is 2.24. The lowest BCUT2D eigenvalue weighted by molar-refractivity contribution is -0.132. The Morgan fingerprint density at radius 3 is 2.27 bits per heavy atom. The number of carboxylic acids is 1. The minimum Gasteiger partial charge on any atom is -0.478 e. The minimum absolute atomic E-state index is 0.370. The fourth-order valence-electron chi connectivity index (χ4n) is 0.643. The molecule has 1 rings (SSSR count). The van der Waals surface area contributed by atoms with E-state index in [2.05, 4.69) is 0 Å². The van der Waals surface area contributed by atoms with Gasteiger partial charge in [0.2, 0.25) is 9.84 Å². The highest BCUT2D eigenvalue weighted by molar-refractivity contribution is 7.98. The summed E-state index contributed by atoms with van der Waals surface area (Å²) in [4.78, 5) is 10.2. The van der Waals surface area contributed by atoms with Gasteiger partial charge in [0.1, 0.15) is 5.03 Å². The van der Waals surface area contributed by atoms with Crippen LogP contribution in [0.2, 0.25) is 0 Å². The zero-order chi connectivity index (χ0) is 8.65. The van der Waals surface area contributed by atoms with E-state index < -0.39 is 20.8 Å². The van der Waals surface area contributed by atoms with Crippen LogP contribution in [0.5, 0.6) is 0 Å². The van der Waals surface area contributed by atoms with E-state index in [4.69, 9.17) is 10.8 Å². The highest BCUT2D eigenvalue weighted by atomic mass is 32.2. The lowest BCUT2D eigenvalue weighted by Gasteiger charge is -1.93. The van der Waals surface area contributed by atoms with Gasteiger partial charge in [-0.25, -0.2) is 13.2 Å². The molecule has 0 aromatic heterocycles. The van der Waals surface area contributed by atoms with Crippen molar-refractivity contribution in [2.75, 3.05) is 0 Å². The molecule has 0 aliphatic carbocycles. The maximum atomic E-state index is 10.7. The lowest BCUT2D eigenvalue weighted by Crippen LogP contribution is -2.11. The summed E-state index contributed by atoms with van der Waals surface area (Å²) < 4.78 is 21.5. The van der Waals surface area contributed by atoms with Crippen LogP contribution in [0.4, 0.5) is 0 Å². The standard InChI is InChI=1S/C5H5NO4S/c6-4-3(5(7)8)1-2-11(4,9)10/h1-2H,6H2,(H,7,8). The Morgan fingerprint density at radius 2 is 2.09 bits per heavy atom. The van der Waals surface area contributed by atoms with Crippen molar-refractivity contribution in [3.63, 3.8) is 0 Å². The van der Waals surface area contributed by atoms with Crippen molar-refractivity contribution in [3.8, 4) is 0 Å². The number of sulfone groups is 1. The number of aliphatic carboxylic acids is 1. The Kier molecular flexibility index (Phi) is 1.48. The van der Waals surface area contributed by atoms with Crippen molar-refractivity contribution in [2.24, 2.45) is 5.73 Å². The number of carboxylic acid groups (broad SMARTS) is 1. The number of rotatable bonds is 1. The third kappa shape index (κ3) is 1.12. The van der Waals surface area contributed by atoms with Gasteiger partial charge < -0.3 is 10.8 Å². The molecule has 5 nitrogen and oxygen atoms in total. The van der Waals surface area contributed by atoms with Crippen molar-refractivity contribution >= 4 is 15.8 Å². The Balaban J connectivity index is 3.32. The van der Waals surface area contributed by atoms with Crippen LogP contribution in [0.25, 0.3) is 0 Å². The normalized spacial score (nSPS) is 20.7. The second kappa shape index (κ2) is 2.09. The SMILES string of the molecule is NC1=C(C(=O)O)C=CS1(=O)=O. The van der Waals surface area contributed by atoms with E-state index in [1.165, 1.54) is 0 Å². The molecule has 3 N–H and O–H groups in total. The Morgan fingerprint density at radius 1 is 1.55 bits per heavy atom. The molecule has 0 spiro atoms. The topological polar surface area (TPSA) is 97.5 Å². The van der Waals surface area contributed by atoms with E-state index in [-0.39, 0.29) is 5.57 Å². The van der Waals surface area contributed by atoms with Crippen molar-refractivity contribution in [1.29, 1.82) is 0 Å². The molecule has 60 valence electrons. The van der Waals surface area contributed by atoms with Gasteiger partial charge in [-0.1, -0.05) is 0 Å². The summed E-state index contributed by atoms with van der Waals surface area (Å²) in [6.45, 7) is 0. The van der Waals surface area contributed by atoms with Gasteiger partial charge in [0, 0.05) is 5.41 Å². The zero-order valence-corrected chi connectivity index (χ0v) is 6.13. The fraction of sp³-hybridized carbons (Fsp3) is 0. The van der Waals surface area contributed by atoms with Crippen LogP contribution in [0.15, 0.2) is 22.1 Å². The van der Waals surface area contributed by atoms with Crippen LogP contribution in [0.1, 0.15) is 0 Å². The maximum absolute atomic E-state index is 10.7. The molecule has 0 atom stereocenters. The molecular formula is C5H5NO4S. The van der Waals surface area contributed by atoms with E-state index in [1.54, 1.807) is 0 Å². The summed E-state index contributed by atoms with van der Waals surface area (Å²) in [7, 11) is -3.62. The predicted octanol–water partition coefficient (Wildman–Crippen LogP) is -0.817. The van der Waals surface area contributed by atoms with Gasteiger partial charge in [0.25, 0.3) is 0 Å². The molecule has 1 heterocycles. The number of nitrogens with two attached hydrogens (primary N) is 1. The van der Waals surface area contributed by atoms with Crippen LogP contribution in [-0.4, -0.2) is 19.5 Å². The van der Waals surface area contributed by atoms with E-state index >= 15 is 0 Å². The number of hydrogen-bond acceptors (Lipinski definition) is 4. The monoisotopic (exact) mass is 175 g/mol. The molecule has 11 heavy (non-hydrogen) atoms. The lowest BCUT2D eigenvalue weighted by atomic mass is 10.3. The average molecular weight is 175 g/mol. The maximum Gasteiger partial charge on any atom is 0.338 e. The molecule has 0 saturated carbocycles. The minimum atomic E-state index is -3.62. The third-order valence-electron chi connectivity index (χ3n) is 1.22. The first-order valence-corrected chi connectivity index (χ1v) is 4.16. The van der Waals surface area contributed by atoms with Gasteiger partial charge in [-0.2, -0.15) is 0 Å². The van der Waals surface area contributed by atoms with Gasteiger partial charge in [-0.15, -0.1) is 0 Å². The molecule has 0 amide bonds. The van der Waals surface area contributed by atoms with Crippen molar-refractivity contribution in [3.05, 3.63) is 22.1 Å². The first-order valence-electron chi connectivity index (χ1n) is 2.61. The molecule has 0 unspecified atom stereocenters. The average Bonchev–Trinajstić information content (AvgIpc) is 2.09. The van der Waals surface area contributed by atoms with Gasteiger partial charge in [-0.05, 0) is 6.08 Å². The first kappa shape index (κ1) is 7.80. The summed E-state index contributed by atoms with van der Waals surface area (Å²) in [5.41, 5.74) is 4.64. The van der Waals surface area contributed by atoms with E-state index in [0.717, 1.165) is 11.5 Å². The van der Waals surface area contributed by atoms with E-state index in [1.807, 2.05) is 0 Å². The van der Waals surface area contributed by atoms with Crippen LogP contribution in [-0.2, 0) is 14.6 Å². The summed E-state index contributed by atoms with van der Waals surface area (Å²) >= 11 is 0. The highest BCUT2D eigenvalue weighted by Crippen LogP contribution is 2.18.